The summed E-state index contributed by atoms with van der Waals surface area (Å²) >= 11 is 0.0159. The first-order chi connectivity index (χ1) is 7.58. The Morgan fingerprint density at radius 3 is 3.00 bits per heavy atom. The van der Waals surface area contributed by atoms with Crippen LogP contribution in [0.2, 0.25) is 0 Å². The van der Waals surface area contributed by atoms with Crippen LogP contribution in [0.25, 0.3) is 11.3 Å². The van der Waals surface area contributed by atoms with Crippen LogP contribution in [0.15, 0.2) is 18.2 Å². The second kappa shape index (κ2) is 3.09. The molecule has 2 aromatic rings. The van der Waals surface area contributed by atoms with Gasteiger partial charge in [-0.25, -0.2) is 0 Å². The van der Waals surface area contributed by atoms with Gasteiger partial charge in [0.25, 0.3) is 0 Å². The van der Waals surface area contributed by atoms with Gasteiger partial charge in [-0.05, 0) is 0 Å². The number of benzene rings is 1. The van der Waals surface area contributed by atoms with Crippen LogP contribution in [0, 0.1) is 0 Å². The zero-order valence-electron chi connectivity index (χ0n) is 8.89. The molecule has 3 rings (SSSR count). The van der Waals surface area contributed by atoms with E-state index in [1.807, 2.05) is 13.8 Å². The average Bonchev–Trinajstić information content (AvgIpc) is 2.69. The summed E-state index contributed by atoms with van der Waals surface area (Å²) < 4.78 is 11.2. The number of phenols is 1. The molecule has 0 bridgehead atoms. The monoisotopic (exact) mass is 282 g/mol. The van der Waals surface area contributed by atoms with E-state index in [-0.39, 0.29) is 26.1 Å². The molecule has 1 aromatic heterocycles. The van der Waals surface area contributed by atoms with Crippen LogP contribution in [0.1, 0.15) is 18.3 Å². The first kappa shape index (κ1) is 9.87. The third-order valence-electron chi connectivity index (χ3n) is 2.62. The third kappa shape index (κ3) is 1.29. The molecule has 16 heavy (non-hydrogen) atoms. The Balaban J connectivity index is 2.31. The number of ether oxygens (including phenoxy) is 1. The second-order valence-electron chi connectivity index (χ2n) is 4.24. The Labute approximate surface area is 98.9 Å². The van der Waals surface area contributed by atoms with Gasteiger partial charge in [0.1, 0.15) is 0 Å². The maximum absolute atomic E-state index is 9.49. The van der Waals surface area contributed by atoms with Gasteiger partial charge in [0.05, 0.1) is 0 Å². The van der Waals surface area contributed by atoms with E-state index in [1.165, 1.54) is 0 Å². The first-order valence-electron chi connectivity index (χ1n) is 4.93. The molecule has 0 fully saturated rings. The van der Waals surface area contributed by atoms with Crippen molar-refractivity contribution in [3.63, 3.8) is 0 Å². The van der Waals surface area contributed by atoms with Crippen LogP contribution in [0.5, 0.6) is 11.5 Å². The zero-order valence-corrected chi connectivity index (χ0v) is 10.6. The number of aromatic hydroxyl groups is 1. The van der Waals surface area contributed by atoms with Crippen molar-refractivity contribution in [2.75, 3.05) is 0 Å². The molecule has 2 heterocycles. The number of hydrogen-bond acceptors (Lipinski definition) is 4. The summed E-state index contributed by atoms with van der Waals surface area (Å²) in [5.74, 6) is 0.988. The number of rotatable bonds is 0. The molecule has 1 aromatic carbocycles. The predicted molar refractivity (Wildman–Crippen MR) is 59.7 cm³/mol. The van der Waals surface area contributed by atoms with Crippen LogP contribution in [0.4, 0.5) is 0 Å². The molecule has 0 aliphatic carbocycles. The van der Waals surface area contributed by atoms with Crippen LogP contribution < -0.4 is 4.74 Å². The summed E-state index contributed by atoms with van der Waals surface area (Å²) in [5.41, 5.74) is 1.38. The SMILES string of the molecule is CC1(C)Oc2ccc(O)cc2-c2nn[se]c21. The average molecular weight is 281 g/mol. The molecule has 0 atom stereocenters. The van der Waals surface area contributed by atoms with E-state index in [0.29, 0.717) is 0 Å². The third-order valence-corrected chi connectivity index (χ3v) is 4.78. The standard InChI is InChI=1S/C11H10N2O2Se/c1-11(2)10-9(12-13-16-10)7-5-6(14)3-4-8(7)15-11/h3-5,14H,1-2H3. The minimum atomic E-state index is -0.344. The van der Waals surface area contributed by atoms with Crippen LogP contribution >= 0.6 is 0 Å². The molecule has 1 aliphatic heterocycles. The van der Waals surface area contributed by atoms with Crippen molar-refractivity contribution in [2.45, 2.75) is 19.4 Å². The molecular weight excluding hydrogens is 271 g/mol. The van der Waals surface area contributed by atoms with E-state index in [0.717, 1.165) is 21.4 Å². The minimum absolute atomic E-state index is 0.0159. The molecule has 0 unspecified atom stereocenters. The van der Waals surface area contributed by atoms with Gasteiger partial charge in [0.2, 0.25) is 0 Å². The first-order valence-corrected chi connectivity index (χ1v) is 6.55. The Kier molecular flexibility index (Phi) is 1.91. The molecule has 4 nitrogen and oxygen atoms in total. The molecule has 1 N–H and O–H groups in total. The van der Waals surface area contributed by atoms with Crippen molar-refractivity contribution in [1.82, 2.24) is 9.19 Å². The molecule has 0 amide bonds. The van der Waals surface area contributed by atoms with Gasteiger partial charge in [-0.3, -0.25) is 0 Å². The number of phenolic OH excluding ortho intramolecular Hbond substituents is 1. The fourth-order valence-corrected chi connectivity index (χ4v) is 3.35. The molecule has 5 heteroatoms. The van der Waals surface area contributed by atoms with Crippen molar-refractivity contribution in [3.8, 4) is 22.8 Å². The molecule has 0 spiro atoms. The normalized spacial score (nSPS) is 16.1. The molecule has 0 radical (unpaired) electrons. The Bertz CT molecular complexity index is 563. The number of nitrogens with zero attached hydrogens (tertiary/aromatic N) is 2. The molecule has 0 saturated heterocycles. The van der Waals surface area contributed by atoms with Crippen LogP contribution in [-0.2, 0) is 5.60 Å². The summed E-state index contributed by atoms with van der Waals surface area (Å²) in [7, 11) is 0. The van der Waals surface area contributed by atoms with Crippen molar-refractivity contribution < 1.29 is 9.84 Å². The van der Waals surface area contributed by atoms with Gasteiger partial charge in [-0.1, -0.05) is 0 Å². The quantitative estimate of drug-likeness (QED) is 0.744. The van der Waals surface area contributed by atoms with E-state index in [1.54, 1.807) is 18.2 Å². The summed E-state index contributed by atoms with van der Waals surface area (Å²) in [6, 6.07) is 5.08. The van der Waals surface area contributed by atoms with Crippen molar-refractivity contribution in [2.24, 2.45) is 0 Å². The predicted octanol–water partition coefficient (Wildman–Crippen LogP) is 1.53. The zero-order chi connectivity index (χ0) is 11.3. The number of aromatic nitrogens is 2. The Hall–Kier alpha value is -1.32. The van der Waals surface area contributed by atoms with E-state index >= 15 is 0 Å². The van der Waals surface area contributed by atoms with Gasteiger partial charge < -0.3 is 0 Å². The fourth-order valence-electron chi connectivity index (χ4n) is 1.88. The number of fused-ring (bicyclic) bond motifs is 3. The van der Waals surface area contributed by atoms with E-state index < -0.39 is 0 Å². The van der Waals surface area contributed by atoms with Gasteiger partial charge in [0, 0.05) is 0 Å². The summed E-state index contributed by atoms with van der Waals surface area (Å²) in [6.07, 6.45) is 0. The summed E-state index contributed by atoms with van der Waals surface area (Å²) in [4.78, 5) is 0. The maximum atomic E-state index is 9.49. The van der Waals surface area contributed by atoms with Crippen LogP contribution in [-0.4, -0.2) is 29.0 Å². The van der Waals surface area contributed by atoms with Gasteiger partial charge in [-0.2, -0.15) is 0 Å². The van der Waals surface area contributed by atoms with E-state index in [9.17, 15) is 5.11 Å². The van der Waals surface area contributed by atoms with Crippen molar-refractivity contribution >= 4 is 14.7 Å². The fraction of sp³-hybridized carbons (Fsp3) is 0.273. The van der Waals surface area contributed by atoms with Gasteiger partial charge >= 0.3 is 98.6 Å². The summed E-state index contributed by atoms with van der Waals surface area (Å²) in [5, 5.41) is 13.7. The van der Waals surface area contributed by atoms with Crippen molar-refractivity contribution in [1.29, 1.82) is 0 Å². The number of hydrogen-bond donors (Lipinski definition) is 1. The Morgan fingerprint density at radius 2 is 2.19 bits per heavy atom. The second-order valence-corrected chi connectivity index (χ2v) is 5.83. The van der Waals surface area contributed by atoms with Gasteiger partial charge in [-0.15, -0.1) is 0 Å². The topological polar surface area (TPSA) is 55.2 Å². The van der Waals surface area contributed by atoms with E-state index in [4.69, 9.17) is 4.74 Å². The van der Waals surface area contributed by atoms with E-state index in [2.05, 4.69) is 9.19 Å². The van der Waals surface area contributed by atoms with Crippen molar-refractivity contribution in [3.05, 3.63) is 22.6 Å². The molecule has 82 valence electrons. The van der Waals surface area contributed by atoms with Gasteiger partial charge in [0.15, 0.2) is 0 Å². The molecular formula is C11H10N2O2Se. The molecule has 1 aliphatic rings. The summed E-state index contributed by atoms with van der Waals surface area (Å²) in [6.45, 7) is 4.05. The van der Waals surface area contributed by atoms with Crippen LogP contribution in [0.3, 0.4) is 0 Å². The Morgan fingerprint density at radius 1 is 1.38 bits per heavy atom. The molecule has 0 saturated carbocycles.